The van der Waals surface area contributed by atoms with E-state index in [1.54, 1.807) is 25.3 Å². The van der Waals surface area contributed by atoms with Gasteiger partial charge in [0, 0.05) is 16.8 Å². The number of benzene rings is 2. The van der Waals surface area contributed by atoms with E-state index < -0.39 is 0 Å². The van der Waals surface area contributed by atoms with Crippen LogP contribution >= 0.6 is 11.6 Å². The van der Waals surface area contributed by atoms with E-state index in [1.807, 2.05) is 6.07 Å². The van der Waals surface area contributed by atoms with Gasteiger partial charge in [-0.3, -0.25) is 0 Å². The Kier molecular flexibility index (Phi) is 6.32. The van der Waals surface area contributed by atoms with Gasteiger partial charge in [0.2, 0.25) is 0 Å². The molecule has 0 aliphatic heterocycles. The van der Waals surface area contributed by atoms with Crippen molar-refractivity contribution in [1.29, 1.82) is 0 Å². The number of anilines is 2. The van der Waals surface area contributed by atoms with E-state index in [0.29, 0.717) is 28.3 Å². The van der Waals surface area contributed by atoms with Gasteiger partial charge in [0.05, 0.1) is 12.8 Å². The summed E-state index contributed by atoms with van der Waals surface area (Å²) in [5.74, 6) is 1.13. The van der Waals surface area contributed by atoms with E-state index in [2.05, 4.69) is 50.5 Å². The topological polar surface area (TPSA) is 50.4 Å². The highest BCUT2D eigenvalue weighted by Crippen LogP contribution is 2.33. The maximum absolute atomic E-state index is 12.6. The molecule has 5 heteroatoms. The van der Waals surface area contributed by atoms with Crippen LogP contribution in [-0.4, -0.2) is 13.1 Å². The first kappa shape index (κ1) is 19.1. The number of hydrogen-bond donors (Lipinski definition) is 2. The zero-order chi connectivity index (χ0) is 18.6. The maximum Gasteiger partial charge on any atom is 0.323 e. The van der Waals surface area contributed by atoms with E-state index in [-0.39, 0.29) is 6.03 Å². The van der Waals surface area contributed by atoms with Gasteiger partial charge in [0.15, 0.2) is 0 Å². The minimum atomic E-state index is -0.310. The first-order valence-corrected chi connectivity index (χ1v) is 8.75. The van der Waals surface area contributed by atoms with E-state index in [0.717, 1.165) is 16.8 Å². The van der Waals surface area contributed by atoms with Gasteiger partial charge < -0.3 is 15.4 Å². The molecule has 25 heavy (non-hydrogen) atoms. The van der Waals surface area contributed by atoms with Crippen LogP contribution in [0, 0.1) is 0 Å². The average molecular weight is 361 g/mol. The summed E-state index contributed by atoms with van der Waals surface area (Å²) in [5, 5.41) is 6.40. The highest BCUT2D eigenvalue weighted by atomic mass is 35.5. The van der Waals surface area contributed by atoms with Gasteiger partial charge in [0.25, 0.3) is 0 Å². The lowest BCUT2D eigenvalue weighted by atomic mass is 9.93. The first-order valence-electron chi connectivity index (χ1n) is 8.37. The van der Waals surface area contributed by atoms with Crippen molar-refractivity contribution in [1.82, 2.24) is 0 Å². The second-order valence-electron chi connectivity index (χ2n) is 6.54. The molecule has 0 aromatic heterocycles. The van der Waals surface area contributed by atoms with Gasteiger partial charge in [-0.15, -0.1) is 0 Å². The Morgan fingerprint density at radius 3 is 2.12 bits per heavy atom. The third-order valence-electron chi connectivity index (χ3n) is 4.02. The van der Waals surface area contributed by atoms with Gasteiger partial charge >= 0.3 is 6.03 Å². The summed E-state index contributed by atoms with van der Waals surface area (Å²) in [6, 6.07) is 10.9. The van der Waals surface area contributed by atoms with Gasteiger partial charge in [-0.2, -0.15) is 0 Å². The summed E-state index contributed by atoms with van der Waals surface area (Å²) in [6.45, 7) is 8.46. The average Bonchev–Trinajstić information content (AvgIpc) is 2.56. The smallest absolute Gasteiger partial charge is 0.323 e. The molecule has 2 N–H and O–H groups in total. The molecule has 0 heterocycles. The van der Waals surface area contributed by atoms with Crippen LogP contribution < -0.4 is 15.4 Å². The van der Waals surface area contributed by atoms with Crippen molar-refractivity contribution in [3.63, 3.8) is 0 Å². The summed E-state index contributed by atoms with van der Waals surface area (Å²) in [4.78, 5) is 12.6. The maximum atomic E-state index is 12.6. The molecule has 0 aliphatic rings. The van der Waals surface area contributed by atoms with Crippen LogP contribution in [0.5, 0.6) is 5.75 Å². The van der Waals surface area contributed by atoms with Gasteiger partial charge in [-0.1, -0.05) is 57.5 Å². The van der Waals surface area contributed by atoms with Gasteiger partial charge in [-0.05, 0) is 35.1 Å². The van der Waals surface area contributed by atoms with Crippen molar-refractivity contribution >= 4 is 29.0 Å². The summed E-state index contributed by atoms with van der Waals surface area (Å²) >= 11 is 5.96. The minimum Gasteiger partial charge on any atom is -0.495 e. The summed E-state index contributed by atoms with van der Waals surface area (Å²) < 4.78 is 5.27. The monoisotopic (exact) mass is 360 g/mol. The third-order valence-corrected chi connectivity index (χ3v) is 4.26. The number of halogens is 1. The molecule has 0 aliphatic carbocycles. The Morgan fingerprint density at radius 2 is 1.60 bits per heavy atom. The van der Waals surface area contributed by atoms with Crippen LogP contribution in [0.4, 0.5) is 16.2 Å². The number of nitrogens with one attached hydrogen (secondary N) is 2. The Labute approximate surface area is 154 Å². The molecule has 0 fully saturated rings. The SMILES string of the molecule is COc1cc(Cl)ccc1NC(=O)Nc1c(C(C)C)cccc1C(C)C. The normalized spacial score (nSPS) is 10.9. The second-order valence-corrected chi connectivity index (χ2v) is 6.98. The summed E-state index contributed by atoms with van der Waals surface area (Å²) in [5.41, 5.74) is 3.67. The number of urea groups is 1. The van der Waals surface area contributed by atoms with Crippen molar-refractivity contribution in [2.75, 3.05) is 17.7 Å². The van der Waals surface area contributed by atoms with Gasteiger partial charge in [-0.25, -0.2) is 4.79 Å². The lowest BCUT2D eigenvalue weighted by Crippen LogP contribution is -2.22. The summed E-state index contributed by atoms with van der Waals surface area (Å²) in [6.07, 6.45) is 0. The molecule has 0 saturated heterocycles. The van der Waals surface area contributed by atoms with Crippen LogP contribution in [0.3, 0.4) is 0 Å². The lowest BCUT2D eigenvalue weighted by Gasteiger charge is -2.20. The molecule has 2 aromatic rings. The standard InChI is InChI=1S/C20H25ClN2O2/c1-12(2)15-7-6-8-16(13(3)4)19(15)23-20(24)22-17-10-9-14(21)11-18(17)25-5/h6-13H,1-5H3,(H2,22,23,24). The van der Waals surface area contributed by atoms with Crippen molar-refractivity contribution < 1.29 is 9.53 Å². The molecule has 0 atom stereocenters. The fraction of sp³-hybridized carbons (Fsp3) is 0.350. The predicted molar refractivity (Wildman–Crippen MR) is 105 cm³/mol. The lowest BCUT2D eigenvalue weighted by molar-refractivity contribution is 0.262. The molecule has 0 spiro atoms. The predicted octanol–water partition coefficient (Wildman–Crippen LogP) is 6.24. The van der Waals surface area contributed by atoms with E-state index in [1.165, 1.54) is 0 Å². The number of methoxy groups -OCH3 is 1. The molecular formula is C20H25ClN2O2. The minimum absolute atomic E-state index is 0.305. The van der Waals surface area contributed by atoms with Crippen LogP contribution in [0.1, 0.15) is 50.7 Å². The number of amides is 2. The Morgan fingerprint density at radius 1 is 1.00 bits per heavy atom. The van der Waals surface area contributed by atoms with Crippen LogP contribution in [0.15, 0.2) is 36.4 Å². The number of carbonyl (C=O) groups is 1. The number of para-hydroxylation sites is 1. The Balaban J connectivity index is 2.29. The third kappa shape index (κ3) is 4.67. The molecule has 2 rings (SSSR count). The first-order chi connectivity index (χ1) is 11.8. The van der Waals surface area contributed by atoms with Gasteiger partial charge in [0.1, 0.15) is 5.75 Å². The molecule has 0 radical (unpaired) electrons. The zero-order valence-electron chi connectivity index (χ0n) is 15.3. The molecule has 2 aromatic carbocycles. The van der Waals surface area contributed by atoms with Crippen molar-refractivity contribution in [3.8, 4) is 5.75 Å². The number of carbonyl (C=O) groups excluding carboxylic acids is 1. The molecule has 0 bridgehead atoms. The van der Waals surface area contributed by atoms with Crippen LogP contribution in [0.25, 0.3) is 0 Å². The Hall–Kier alpha value is -2.20. The molecule has 134 valence electrons. The molecule has 2 amide bonds. The number of hydrogen-bond acceptors (Lipinski definition) is 2. The molecule has 0 unspecified atom stereocenters. The van der Waals surface area contributed by atoms with Crippen LogP contribution in [-0.2, 0) is 0 Å². The zero-order valence-corrected chi connectivity index (χ0v) is 16.1. The van der Waals surface area contributed by atoms with Crippen molar-refractivity contribution in [2.45, 2.75) is 39.5 Å². The van der Waals surface area contributed by atoms with Crippen molar-refractivity contribution in [2.24, 2.45) is 0 Å². The van der Waals surface area contributed by atoms with E-state index in [9.17, 15) is 4.79 Å². The van der Waals surface area contributed by atoms with Crippen molar-refractivity contribution in [3.05, 3.63) is 52.5 Å². The Bertz CT molecular complexity index is 731. The number of ether oxygens (including phenoxy) is 1. The highest BCUT2D eigenvalue weighted by molar-refractivity contribution is 6.30. The van der Waals surface area contributed by atoms with E-state index >= 15 is 0 Å². The fourth-order valence-electron chi connectivity index (χ4n) is 2.73. The largest absolute Gasteiger partial charge is 0.495 e. The fourth-order valence-corrected chi connectivity index (χ4v) is 2.89. The van der Waals surface area contributed by atoms with E-state index in [4.69, 9.17) is 16.3 Å². The van der Waals surface area contributed by atoms with Crippen LogP contribution in [0.2, 0.25) is 5.02 Å². The number of rotatable bonds is 5. The molecule has 4 nitrogen and oxygen atoms in total. The molecular weight excluding hydrogens is 336 g/mol. The summed E-state index contributed by atoms with van der Waals surface area (Å²) in [7, 11) is 1.54. The second kappa shape index (κ2) is 8.26. The highest BCUT2D eigenvalue weighted by Gasteiger charge is 2.16. The molecule has 0 saturated carbocycles. The quantitative estimate of drug-likeness (QED) is 0.663.